The van der Waals surface area contributed by atoms with E-state index in [4.69, 9.17) is 5.11 Å². The van der Waals surface area contributed by atoms with Crippen molar-refractivity contribution in [2.24, 2.45) is 0 Å². The van der Waals surface area contributed by atoms with Crippen LogP contribution in [0.1, 0.15) is 21.5 Å². The van der Waals surface area contributed by atoms with Crippen molar-refractivity contribution in [3.05, 3.63) is 68.0 Å². The second-order valence-corrected chi connectivity index (χ2v) is 4.15. The fourth-order valence-electron chi connectivity index (χ4n) is 1.69. The summed E-state index contributed by atoms with van der Waals surface area (Å²) in [6, 6.07) is 7.06. The molecule has 1 amide bonds. The predicted octanol–water partition coefficient (Wildman–Crippen LogP) is -0.515. The summed E-state index contributed by atoms with van der Waals surface area (Å²) in [6.45, 7) is 0.132. The lowest BCUT2D eigenvalue weighted by Gasteiger charge is -2.06. The lowest BCUT2D eigenvalue weighted by atomic mass is 10.1. The van der Waals surface area contributed by atoms with E-state index in [9.17, 15) is 14.4 Å². The molecule has 0 atom stereocenters. The van der Waals surface area contributed by atoms with Crippen molar-refractivity contribution in [3.63, 3.8) is 0 Å². The third-order valence-electron chi connectivity index (χ3n) is 2.69. The average Bonchev–Trinajstić information content (AvgIpc) is 2.45. The largest absolute Gasteiger partial charge is 0.392 e. The Morgan fingerprint density at radius 1 is 1.25 bits per heavy atom. The molecule has 0 radical (unpaired) electrons. The van der Waals surface area contributed by atoms with Crippen molar-refractivity contribution in [3.8, 4) is 0 Å². The second kappa shape index (κ2) is 5.98. The Hall–Kier alpha value is -2.67. The zero-order valence-corrected chi connectivity index (χ0v) is 10.5. The Morgan fingerprint density at radius 3 is 2.70 bits per heavy atom. The Morgan fingerprint density at radius 2 is 2.00 bits per heavy atom. The summed E-state index contributed by atoms with van der Waals surface area (Å²) in [4.78, 5) is 38.3. The first-order valence-electron chi connectivity index (χ1n) is 5.89. The van der Waals surface area contributed by atoms with E-state index in [1.807, 2.05) is 4.98 Å². The maximum Gasteiger partial charge on any atom is 0.325 e. The number of benzene rings is 1. The number of aromatic amines is 2. The van der Waals surface area contributed by atoms with E-state index in [1.165, 1.54) is 0 Å². The third-order valence-corrected chi connectivity index (χ3v) is 2.69. The van der Waals surface area contributed by atoms with Gasteiger partial charge in [0.25, 0.3) is 11.5 Å². The molecule has 0 saturated heterocycles. The topological polar surface area (TPSA) is 115 Å². The van der Waals surface area contributed by atoms with Gasteiger partial charge in [-0.2, -0.15) is 0 Å². The summed E-state index contributed by atoms with van der Waals surface area (Å²) in [5.41, 5.74) is -0.0372. The van der Waals surface area contributed by atoms with Gasteiger partial charge in [0, 0.05) is 12.7 Å². The molecule has 0 saturated carbocycles. The average molecular weight is 275 g/mol. The minimum absolute atomic E-state index is 0.0820. The summed E-state index contributed by atoms with van der Waals surface area (Å²) >= 11 is 0. The Kier molecular flexibility index (Phi) is 4.11. The van der Waals surface area contributed by atoms with E-state index in [-0.39, 0.29) is 18.7 Å². The molecule has 1 aromatic heterocycles. The van der Waals surface area contributed by atoms with Gasteiger partial charge in [-0.25, -0.2) is 4.79 Å². The molecule has 1 heterocycles. The summed E-state index contributed by atoms with van der Waals surface area (Å²) < 4.78 is 0. The van der Waals surface area contributed by atoms with Crippen molar-refractivity contribution in [2.75, 3.05) is 0 Å². The maximum absolute atomic E-state index is 11.8. The minimum Gasteiger partial charge on any atom is -0.392 e. The van der Waals surface area contributed by atoms with Crippen LogP contribution in [-0.4, -0.2) is 21.0 Å². The molecule has 2 aromatic rings. The van der Waals surface area contributed by atoms with E-state index in [2.05, 4.69) is 10.3 Å². The first-order valence-corrected chi connectivity index (χ1v) is 5.89. The molecule has 0 spiro atoms. The van der Waals surface area contributed by atoms with Crippen LogP contribution in [-0.2, 0) is 13.2 Å². The molecule has 104 valence electrons. The first kappa shape index (κ1) is 13.8. The van der Waals surface area contributed by atoms with Crippen molar-refractivity contribution in [1.29, 1.82) is 0 Å². The predicted molar refractivity (Wildman–Crippen MR) is 71.2 cm³/mol. The first-order chi connectivity index (χ1) is 9.60. The molecule has 0 aliphatic heterocycles. The lowest BCUT2D eigenvalue weighted by Crippen LogP contribution is -2.33. The number of nitrogens with one attached hydrogen (secondary N) is 3. The van der Waals surface area contributed by atoms with Crippen LogP contribution in [0.5, 0.6) is 0 Å². The van der Waals surface area contributed by atoms with E-state index < -0.39 is 17.2 Å². The van der Waals surface area contributed by atoms with Gasteiger partial charge in [-0.05, 0) is 11.1 Å². The van der Waals surface area contributed by atoms with Crippen LogP contribution < -0.4 is 16.6 Å². The number of carbonyl (C=O) groups excluding carboxylic acids is 1. The summed E-state index contributed by atoms with van der Waals surface area (Å²) in [5, 5.41) is 11.6. The molecule has 4 N–H and O–H groups in total. The maximum atomic E-state index is 11.8. The highest BCUT2D eigenvalue weighted by Gasteiger charge is 2.10. The molecule has 0 bridgehead atoms. The SMILES string of the molecule is O=C(NCc1cccc(CO)c1)c1c[nH]c(=O)[nH]c1=O. The number of hydrogen-bond acceptors (Lipinski definition) is 4. The van der Waals surface area contributed by atoms with E-state index >= 15 is 0 Å². The quantitative estimate of drug-likeness (QED) is 0.601. The summed E-state index contributed by atoms with van der Waals surface area (Å²) in [5.74, 6) is -0.586. The fourth-order valence-corrected chi connectivity index (χ4v) is 1.69. The number of carbonyl (C=O) groups is 1. The zero-order chi connectivity index (χ0) is 14.5. The molecule has 0 aliphatic carbocycles. The van der Waals surface area contributed by atoms with Crippen molar-refractivity contribution < 1.29 is 9.90 Å². The van der Waals surface area contributed by atoms with Gasteiger partial charge in [-0.15, -0.1) is 0 Å². The Bertz CT molecular complexity index is 733. The molecule has 0 fully saturated rings. The van der Waals surface area contributed by atoms with E-state index in [0.717, 1.165) is 17.3 Å². The number of aliphatic hydroxyl groups excluding tert-OH is 1. The van der Waals surface area contributed by atoms with Crippen LogP contribution in [0.2, 0.25) is 0 Å². The third kappa shape index (κ3) is 3.21. The number of H-pyrrole nitrogens is 2. The highest BCUT2D eigenvalue weighted by molar-refractivity contribution is 5.93. The second-order valence-electron chi connectivity index (χ2n) is 4.15. The normalized spacial score (nSPS) is 10.2. The standard InChI is InChI=1S/C13H13N3O4/c17-7-9-3-1-2-8(4-9)5-14-11(18)10-6-15-13(20)16-12(10)19/h1-4,6,17H,5,7H2,(H,14,18)(H2,15,16,19,20). The van der Waals surface area contributed by atoms with Crippen molar-refractivity contribution in [1.82, 2.24) is 15.3 Å². The van der Waals surface area contributed by atoms with Crippen LogP contribution in [0.3, 0.4) is 0 Å². The Labute approximate surface area is 113 Å². The Balaban J connectivity index is 2.08. The lowest BCUT2D eigenvalue weighted by molar-refractivity contribution is 0.0949. The smallest absolute Gasteiger partial charge is 0.325 e. The highest BCUT2D eigenvalue weighted by Crippen LogP contribution is 2.05. The van der Waals surface area contributed by atoms with Crippen LogP contribution >= 0.6 is 0 Å². The minimum atomic E-state index is -0.740. The molecule has 7 heteroatoms. The van der Waals surface area contributed by atoms with Gasteiger partial charge < -0.3 is 15.4 Å². The molecule has 1 aromatic carbocycles. The molecule has 0 unspecified atom stereocenters. The molecule has 2 rings (SSSR count). The molecular formula is C13H13N3O4. The fraction of sp³-hybridized carbons (Fsp3) is 0.154. The van der Waals surface area contributed by atoms with Crippen LogP contribution in [0, 0.1) is 0 Å². The zero-order valence-electron chi connectivity index (χ0n) is 10.5. The van der Waals surface area contributed by atoms with E-state index in [0.29, 0.717) is 0 Å². The van der Waals surface area contributed by atoms with Gasteiger partial charge in [0.1, 0.15) is 5.56 Å². The monoisotopic (exact) mass is 275 g/mol. The summed E-state index contributed by atoms with van der Waals surface area (Å²) in [7, 11) is 0. The molecule has 20 heavy (non-hydrogen) atoms. The van der Waals surface area contributed by atoms with E-state index in [1.54, 1.807) is 24.3 Å². The van der Waals surface area contributed by atoms with Gasteiger partial charge in [-0.1, -0.05) is 24.3 Å². The number of rotatable bonds is 4. The number of amides is 1. The van der Waals surface area contributed by atoms with Gasteiger partial charge in [0.15, 0.2) is 0 Å². The van der Waals surface area contributed by atoms with Crippen LogP contribution in [0.15, 0.2) is 40.1 Å². The summed E-state index contributed by atoms with van der Waals surface area (Å²) in [6.07, 6.45) is 1.07. The van der Waals surface area contributed by atoms with Gasteiger partial charge in [-0.3, -0.25) is 14.6 Å². The molecule has 0 aliphatic rings. The number of aromatic nitrogens is 2. The number of hydrogen-bond donors (Lipinski definition) is 4. The van der Waals surface area contributed by atoms with Crippen LogP contribution in [0.25, 0.3) is 0 Å². The number of aliphatic hydroxyl groups is 1. The van der Waals surface area contributed by atoms with Gasteiger partial charge in [0.05, 0.1) is 6.61 Å². The molecular weight excluding hydrogens is 262 g/mol. The van der Waals surface area contributed by atoms with Crippen LogP contribution in [0.4, 0.5) is 0 Å². The van der Waals surface area contributed by atoms with Crippen molar-refractivity contribution >= 4 is 5.91 Å². The van der Waals surface area contributed by atoms with Gasteiger partial charge >= 0.3 is 5.69 Å². The highest BCUT2D eigenvalue weighted by atomic mass is 16.3. The van der Waals surface area contributed by atoms with Crippen molar-refractivity contribution in [2.45, 2.75) is 13.2 Å². The molecule has 7 nitrogen and oxygen atoms in total. The van der Waals surface area contributed by atoms with Gasteiger partial charge in [0.2, 0.25) is 0 Å².